The molecular weight excluding hydrogens is 248 g/mol. The Labute approximate surface area is 123 Å². The fraction of sp³-hybridized carbons (Fsp3) is 0.929. The lowest BCUT2D eigenvalue weighted by atomic mass is 10.1. The van der Waals surface area contributed by atoms with Crippen molar-refractivity contribution in [1.29, 1.82) is 0 Å². The van der Waals surface area contributed by atoms with Crippen LogP contribution < -0.4 is 17.7 Å². The Kier molecular flexibility index (Phi) is 33.5. The Bertz CT molecular complexity index is 173. The minimum atomic E-state index is 0. The molecule has 118 valence electrons. The maximum atomic E-state index is 11.4. The molecule has 0 aliphatic carbocycles. The smallest absolute Gasteiger partial charge is 0.227 e. The van der Waals surface area contributed by atoms with E-state index in [1.807, 2.05) is 13.8 Å². The third kappa shape index (κ3) is 15.7. The predicted octanol–water partition coefficient (Wildman–Crippen LogP) is 0.751. The minimum absolute atomic E-state index is 0. The third-order valence-corrected chi connectivity index (χ3v) is 2.60. The molecule has 0 aliphatic heterocycles. The standard InChI is InChI=1S/C10H22N2O.4CH4.ClH/c1-6-9(3)10(13)11-8-12(4,5)7-2;;;;;/h9H,6-8H2,1-5H3;4*1H4;1H. The summed E-state index contributed by atoms with van der Waals surface area (Å²) in [6.45, 7) is 7.86. The second-order valence-electron chi connectivity index (χ2n) is 4.26. The second-order valence-corrected chi connectivity index (χ2v) is 4.26. The quantitative estimate of drug-likeness (QED) is 0.587. The van der Waals surface area contributed by atoms with Crippen molar-refractivity contribution < 1.29 is 21.7 Å². The molecule has 0 aromatic carbocycles. The van der Waals surface area contributed by atoms with Gasteiger partial charge in [0, 0.05) is 5.92 Å². The highest BCUT2D eigenvalue weighted by atomic mass is 35.5. The number of nitrogens with one attached hydrogen (secondary N) is 1. The molecule has 1 atom stereocenters. The van der Waals surface area contributed by atoms with Gasteiger partial charge in [0.05, 0.1) is 20.6 Å². The average molecular weight is 287 g/mol. The van der Waals surface area contributed by atoms with E-state index < -0.39 is 0 Å². The first-order chi connectivity index (χ1) is 5.93. The largest absolute Gasteiger partial charge is 1.00 e. The summed E-state index contributed by atoms with van der Waals surface area (Å²) in [7, 11) is 4.22. The average Bonchev–Trinajstić information content (AvgIpc) is 2.13. The normalized spacial score (nSPS) is 10.1. The van der Waals surface area contributed by atoms with Crippen LogP contribution in [0.15, 0.2) is 0 Å². The Hall–Kier alpha value is -0.280. The van der Waals surface area contributed by atoms with Crippen molar-refractivity contribution in [2.45, 2.75) is 56.9 Å². The molecule has 0 rings (SSSR count). The molecule has 0 heterocycles. The molecule has 0 radical (unpaired) electrons. The molecule has 0 bridgehead atoms. The van der Waals surface area contributed by atoms with E-state index in [0.717, 1.165) is 24.1 Å². The molecule has 1 amide bonds. The van der Waals surface area contributed by atoms with Crippen LogP contribution in [0.25, 0.3) is 0 Å². The zero-order valence-electron chi connectivity index (χ0n) is 9.93. The molecule has 0 saturated carbocycles. The number of quaternary nitrogens is 1. The highest BCUT2D eigenvalue weighted by Gasteiger charge is 2.15. The molecule has 0 aliphatic rings. The van der Waals surface area contributed by atoms with E-state index in [-0.39, 0.29) is 53.9 Å². The molecule has 18 heavy (non-hydrogen) atoms. The van der Waals surface area contributed by atoms with E-state index in [0.29, 0.717) is 0 Å². The van der Waals surface area contributed by atoms with E-state index in [9.17, 15) is 4.79 Å². The monoisotopic (exact) mass is 286 g/mol. The summed E-state index contributed by atoms with van der Waals surface area (Å²) < 4.78 is 0.835. The molecule has 4 heteroatoms. The van der Waals surface area contributed by atoms with Gasteiger partial charge < -0.3 is 22.2 Å². The number of carbonyl (C=O) groups excluding carboxylic acids is 1. The summed E-state index contributed by atoms with van der Waals surface area (Å²) in [5.74, 6) is 0.305. The van der Waals surface area contributed by atoms with Gasteiger partial charge in [-0.1, -0.05) is 43.6 Å². The first-order valence-corrected chi connectivity index (χ1v) is 5.02. The predicted molar refractivity (Wildman–Crippen MR) is 82.0 cm³/mol. The van der Waals surface area contributed by atoms with Crippen LogP contribution in [0.5, 0.6) is 0 Å². The Balaban J connectivity index is -0.0000000720. The van der Waals surface area contributed by atoms with Crippen LogP contribution in [0.1, 0.15) is 56.9 Å². The molecule has 0 aromatic heterocycles. The number of carbonyl (C=O) groups is 1. The fourth-order valence-corrected chi connectivity index (χ4v) is 0.763. The van der Waals surface area contributed by atoms with E-state index >= 15 is 0 Å². The highest BCUT2D eigenvalue weighted by Crippen LogP contribution is 2.00. The lowest BCUT2D eigenvalue weighted by molar-refractivity contribution is -0.890. The van der Waals surface area contributed by atoms with E-state index in [4.69, 9.17) is 0 Å². The van der Waals surface area contributed by atoms with Gasteiger partial charge in [0.25, 0.3) is 0 Å². The third-order valence-electron chi connectivity index (χ3n) is 2.60. The lowest BCUT2D eigenvalue weighted by Crippen LogP contribution is -3.00. The molecule has 0 aromatic rings. The van der Waals surface area contributed by atoms with Gasteiger partial charge in [-0.15, -0.1) is 0 Å². The number of halogens is 1. The van der Waals surface area contributed by atoms with Gasteiger partial charge in [-0.3, -0.25) is 4.79 Å². The zero-order chi connectivity index (χ0) is 10.5. The van der Waals surface area contributed by atoms with Crippen LogP contribution in [-0.4, -0.2) is 37.7 Å². The van der Waals surface area contributed by atoms with Crippen molar-refractivity contribution in [3.63, 3.8) is 0 Å². The Morgan fingerprint density at radius 1 is 1.11 bits per heavy atom. The van der Waals surface area contributed by atoms with Crippen molar-refractivity contribution in [2.24, 2.45) is 5.92 Å². The highest BCUT2D eigenvalue weighted by molar-refractivity contribution is 5.77. The van der Waals surface area contributed by atoms with Crippen LogP contribution >= 0.6 is 0 Å². The summed E-state index contributed by atoms with van der Waals surface area (Å²) in [6.07, 6.45) is 0.908. The first-order valence-electron chi connectivity index (χ1n) is 5.02. The summed E-state index contributed by atoms with van der Waals surface area (Å²) in [5, 5.41) is 2.96. The van der Waals surface area contributed by atoms with Crippen molar-refractivity contribution in [3.8, 4) is 0 Å². The minimum Gasteiger partial charge on any atom is -1.00 e. The van der Waals surface area contributed by atoms with Crippen molar-refractivity contribution in [1.82, 2.24) is 5.32 Å². The van der Waals surface area contributed by atoms with E-state index in [1.165, 1.54) is 0 Å². The molecular formula is C14H39ClN2O. The van der Waals surface area contributed by atoms with Crippen molar-refractivity contribution in [3.05, 3.63) is 0 Å². The molecule has 0 fully saturated rings. The SMILES string of the molecule is C.C.C.C.CCC(C)C(=O)NC[N+](C)(C)CC.[Cl-]. The molecule has 0 saturated heterocycles. The van der Waals surface area contributed by atoms with Gasteiger partial charge in [-0.25, -0.2) is 0 Å². The van der Waals surface area contributed by atoms with Gasteiger partial charge in [0.15, 0.2) is 6.67 Å². The van der Waals surface area contributed by atoms with Crippen molar-refractivity contribution in [2.75, 3.05) is 27.3 Å². The topological polar surface area (TPSA) is 29.1 Å². The Morgan fingerprint density at radius 2 is 1.50 bits per heavy atom. The summed E-state index contributed by atoms with van der Waals surface area (Å²) in [5.41, 5.74) is 0. The number of amides is 1. The van der Waals surface area contributed by atoms with Gasteiger partial charge in [-0.2, -0.15) is 0 Å². The van der Waals surface area contributed by atoms with Crippen molar-refractivity contribution >= 4 is 5.91 Å². The number of hydrogen-bond acceptors (Lipinski definition) is 1. The van der Waals surface area contributed by atoms with Crippen LogP contribution in [0, 0.1) is 5.92 Å². The molecule has 3 nitrogen and oxygen atoms in total. The van der Waals surface area contributed by atoms with Crippen LogP contribution in [0.2, 0.25) is 0 Å². The maximum Gasteiger partial charge on any atom is 0.227 e. The van der Waals surface area contributed by atoms with E-state index in [1.54, 1.807) is 0 Å². The van der Waals surface area contributed by atoms with Gasteiger partial charge in [0.2, 0.25) is 5.91 Å². The van der Waals surface area contributed by atoms with Gasteiger partial charge >= 0.3 is 0 Å². The summed E-state index contributed by atoms with van der Waals surface area (Å²) >= 11 is 0. The maximum absolute atomic E-state index is 11.4. The fourth-order valence-electron chi connectivity index (χ4n) is 0.763. The summed E-state index contributed by atoms with van der Waals surface area (Å²) in [6, 6.07) is 0. The number of nitrogens with zero attached hydrogens (tertiary/aromatic N) is 1. The second kappa shape index (κ2) is 16.7. The van der Waals surface area contributed by atoms with Crippen LogP contribution in [0.4, 0.5) is 0 Å². The van der Waals surface area contributed by atoms with Crippen LogP contribution in [0.3, 0.4) is 0 Å². The van der Waals surface area contributed by atoms with Crippen LogP contribution in [-0.2, 0) is 4.79 Å². The first kappa shape index (κ1) is 36.1. The molecule has 1 N–H and O–H groups in total. The zero-order valence-corrected chi connectivity index (χ0v) is 10.7. The lowest BCUT2D eigenvalue weighted by Gasteiger charge is -2.28. The van der Waals surface area contributed by atoms with E-state index in [2.05, 4.69) is 26.3 Å². The Morgan fingerprint density at radius 3 is 1.78 bits per heavy atom. The number of rotatable bonds is 5. The molecule has 1 unspecified atom stereocenters. The van der Waals surface area contributed by atoms with Gasteiger partial charge in [-0.05, 0) is 13.3 Å². The number of hydrogen-bond donors (Lipinski definition) is 1. The van der Waals surface area contributed by atoms with Gasteiger partial charge in [0.1, 0.15) is 0 Å². The summed E-state index contributed by atoms with van der Waals surface area (Å²) in [4.78, 5) is 11.4. The molecule has 0 spiro atoms.